The van der Waals surface area contributed by atoms with E-state index in [1.807, 2.05) is 24.3 Å². The first-order chi connectivity index (χ1) is 14.1. The van der Waals surface area contributed by atoms with Gasteiger partial charge in [-0.3, -0.25) is 9.59 Å². The summed E-state index contributed by atoms with van der Waals surface area (Å²) in [4.78, 5) is 27.5. The van der Waals surface area contributed by atoms with Gasteiger partial charge in [0.1, 0.15) is 0 Å². The summed E-state index contributed by atoms with van der Waals surface area (Å²) in [6, 6.07) is 13.9. The average molecular weight is 428 g/mol. The molecule has 0 aliphatic carbocycles. The third-order valence-electron chi connectivity index (χ3n) is 5.56. The maximum atomic E-state index is 12.9. The number of carbonyl (C=O) groups excluding carboxylic acids is 2. The van der Waals surface area contributed by atoms with Crippen LogP contribution < -0.4 is 0 Å². The lowest BCUT2D eigenvalue weighted by Crippen LogP contribution is -2.40. The van der Waals surface area contributed by atoms with Gasteiger partial charge in [-0.15, -0.1) is 0 Å². The van der Waals surface area contributed by atoms with Gasteiger partial charge in [-0.1, -0.05) is 38.1 Å². The van der Waals surface area contributed by atoms with E-state index in [4.69, 9.17) is 0 Å². The van der Waals surface area contributed by atoms with Crippen LogP contribution >= 0.6 is 0 Å². The van der Waals surface area contributed by atoms with Crippen LogP contribution in [0.2, 0.25) is 0 Å². The fraction of sp³-hybridized carbons (Fsp3) is 0.417. The molecule has 1 saturated heterocycles. The Morgan fingerprint density at radius 3 is 1.97 bits per heavy atom. The summed E-state index contributed by atoms with van der Waals surface area (Å²) in [6.45, 7) is 5.39. The van der Waals surface area contributed by atoms with Gasteiger partial charge in [0, 0.05) is 36.4 Å². The van der Waals surface area contributed by atoms with E-state index >= 15 is 0 Å². The highest BCUT2D eigenvalue weighted by Gasteiger charge is 2.28. The van der Waals surface area contributed by atoms with E-state index in [1.54, 1.807) is 17.0 Å². The molecule has 30 heavy (non-hydrogen) atoms. The highest BCUT2D eigenvalue weighted by molar-refractivity contribution is 7.90. The molecule has 1 aliphatic rings. The van der Waals surface area contributed by atoms with Crippen molar-refractivity contribution in [1.82, 2.24) is 4.90 Å². The lowest BCUT2D eigenvalue weighted by molar-refractivity contribution is 0.0650. The van der Waals surface area contributed by atoms with Crippen LogP contribution in [0.25, 0.3) is 0 Å². The number of benzene rings is 2. The summed E-state index contributed by atoms with van der Waals surface area (Å²) in [7, 11) is -3.28. The van der Waals surface area contributed by atoms with Gasteiger partial charge in [0.2, 0.25) is 0 Å². The zero-order chi connectivity index (χ0) is 21.9. The van der Waals surface area contributed by atoms with E-state index < -0.39 is 9.84 Å². The molecule has 1 amide bonds. The number of sulfone groups is 1. The molecular formula is C24H29NO4S. The number of carbonyl (C=O) groups is 2. The molecule has 0 N–H and O–H groups in total. The van der Waals surface area contributed by atoms with Gasteiger partial charge in [0.05, 0.1) is 4.90 Å². The van der Waals surface area contributed by atoms with Crippen LogP contribution in [0.15, 0.2) is 53.4 Å². The number of Topliss-reactive ketones (excluding diaryl/α,β-unsaturated/α-hetero) is 1. The third kappa shape index (κ3) is 5.36. The van der Waals surface area contributed by atoms with Crippen molar-refractivity contribution in [3.05, 3.63) is 65.2 Å². The first kappa shape index (κ1) is 22.2. The Labute approximate surface area is 179 Å². The molecule has 3 rings (SSSR count). The van der Waals surface area contributed by atoms with E-state index in [9.17, 15) is 18.0 Å². The van der Waals surface area contributed by atoms with Crippen LogP contribution in [0.5, 0.6) is 0 Å². The van der Waals surface area contributed by atoms with Crippen LogP contribution in [-0.4, -0.2) is 44.4 Å². The quantitative estimate of drug-likeness (QED) is 0.653. The van der Waals surface area contributed by atoms with Gasteiger partial charge < -0.3 is 4.90 Å². The fourth-order valence-corrected chi connectivity index (χ4v) is 4.51. The number of hydrogen-bond acceptors (Lipinski definition) is 4. The van der Waals surface area contributed by atoms with Crippen molar-refractivity contribution in [2.75, 3.05) is 19.3 Å². The lowest BCUT2D eigenvalue weighted by atomic mass is 9.88. The Hall–Kier alpha value is -2.47. The number of ketones is 1. The van der Waals surface area contributed by atoms with Gasteiger partial charge in [0.15, 0.2) is 15.6 Å². The van der Waals surface area contributed by atoms with Crippen molar-refractivity contribution in [2.24, 2.45) is 11.8 Å². The first-order valence-electron chi connectivity index (χ1n) is 10.4. The Kier molecular flexibility index (Phi) is 6.76. The molecule has 2 aromatic carbocycles. The molecule has 0 aromatic heterocycles. The first-order valence-corrected chi connectivity index (χ1v) is 12.3. The third-order valence-corrected chi connectivity index (χ3v) is 6.69. The topological polar surface area (TPSA) is 71.5 Å². The van der Waals surface area contributed by atoms with Crippen molar-refractivity contribution < 1.29 is 18.0 Å². The Morgan fingerprint density at radius 2 is 1.47 bits per heavy atom. The van der Waals surface area contributed by atoms with Gasteiger partial charge >= 0.3 is 0 Å². The van der Waals surface area contributed by atoms with Crippen LogP contribution in [0.1, 0.15) is 53.0 Å². The minimum Gasteiger partial charge on any atom is -0.339 e. The molecule has 2 aromatic rings. The Bertz CT molecular complexity index is 1000. The van der Waals surface area contributed by atoms with Crippen LogP contribution in [-0.2, 0) is 16.3 Å². The summed E-state index contributed by atoms with van der Waals surface area (Å²) in [6.07, 6.45) is 3.42. The number of hydrogen-bond donors (Lipinski definition) is 0. The van der Waals surface area contributed by atoms with E-state index in [0.717, 1.165) is 18.2 Å². The zero-order valence-corrected chi connectivity index (χ0v) is 18.6. The molecule has 6 heteroatoms. The summed E-state index contributed by atoms with van der Waals surface area (Å²) in [5, 5.41) is 0. The standard InChI is InChI=1S/C24H29NO4S/c1-17(2)16-18-4-6-19(7-5-18)23(26)20-12-14-25(15-13-20)24(27)21-8-10-22(11-9-21)30(3,28)29/h4-11,17,20H,12-16H2,1-3H3. The number of piperidine rings is 1. The lowest BCUT2D eigenvalue weighted by Gasteiger charge is -2.31. The molecule has 0 spiro atoms. The predicted molar refractivity (Wildman–Crippen MR) is 117 cm³/mol. The largest absolute Gasteiger partial charge is 0.339 e. The molecule has 0 bridgehead atoms. The van der Waals surface area contributed by atoms with Crippen molar-refractivity contribution in [3.8, 4) is 0 Å². The van der Waals surface area contributed by atoms with Crippen LogP contribution in [0.3, 0.4) is 0 Å². The minimum absolute atomic E-state index is 0.0717. The molecular weight excluding hydrogens is 398 g/mol. The highest BCUT2D eigenvalue weighted by Crippen LogP contribution is 2.24. The van der Waals surface area contributed by atoms with Gasteiger partial charge in [-0.05, 0) is 55.0 Å². The second-order valence-electron chi connectivity index (χ2n) is 8.52. The number of amides is 1. The van der Waals surface area contributed by atoms with E-state index in [0.29, 0.717) is 37.4 Å². The summed E-state index contributed by atoms with van der Waals surface area (Å²) >= 11 is 0. The Morgan fingerprint density at radius 1 is 0.933 bits per heavy atom. The number of likely N-dealkylation sites (tertiary alicyclic amines) is 1. The van der Waals surface area contributed by atoms with Crippen LogP contribution in [0, 0.1) is 11.8 Å². The monoisotopic (exact) mass is 427 g/mol. The summed E-state index contributed by atoms with van der Waals surface area (Å²) < 4.78 is 23.1. The number of nitrogens with zero attached hydrogens (tertiary/aromatic N) is 1. The minimum atomic E-state index is -3.28. The normalized spacial score (nSPS) is 15.4. The Balaban J connectivity index is 1.58. The van der Waals surface area contributed by atoms with Gasteiger partial charge in [-0.2, -0.15) is 0 Å². The predicted octanol–water partition coefficient (Wildman–Crippen LogP) is 4.02. The van der Waals surface area contributed by atoms with E-state index in [-0.39, 0.29) is 22.5 Å². The molecule has 0 radical (unpaired) electrons. The summed E-state index contributed by atoms with van der Waals surface area (Å²) in [5.74, 6) is 0.531. The van der Waals surface area contributed by atoms with Gasteiger partial charge in [0.25, 0.3) is 5.91 Å². The second-order valence-corrected chi connectivity index (χ2v) is 10.5. The van der Waals surface area contributed by atoms with Crippen molar-refractivity contribution in [1.29, 1.82) is 0 Å². The maximum absolute atomic E-state index is 12.9. The molecule has 5 nitrogen and oxygen atoms in total. The molecule has 160 valence electrons. The fourth-order valence-electron chi connectivity index (χ4n) is 3.88. The summed E-state index contributed by atoms with van der Waals surface area (Å²) in [5.41, 5.74) is 2.44. The molecule has 0 atom stereocenters. The average Bonchev–Trinajstić information content (AvgIpc) is 2.72. The molecule has 1 heterocycles. The molecule has 0 saturated carbocycles. The second kappa shape index (κ2) is 9.13. The maximum Gasteiger partial charge on any atom is 0.253 e. The van der Waals surface area contributed by atoms with E-state index in [2.05, 4.69) is 13.8 Å². The molecule has 0 unspecified atom stereocenters. The van der Waals surface area contributed by atoms with Crippen molar-refractivity contribution in [3.63, 3.8) is 0 Å². The van der Waals surface area contributed by atoms with Crippen LogP contribution in [0.4, 0.5) is 0 Å². The SMILES string of the molecule is CC(C)Cc1ccc(C(=O)C2CCN(C(=O)c3ccc(S(C)(=O)=O)cc3)CC2)cc1. The van der Waals surface area contributed by atoms with Crippen molar-refractivity contribution in [2.45, 2.75) is 38.0 Å². The molecule has 1 fully saturated rings. The number of rotatable bonds is 6. The smallest absolute Gasteiger partial charge is 0.253 e. The van der Waals surface area contributed by atoms with Crippen molar-refractivity contribution >= 4 is 21.5 Å². The van der Waals surface area contributed by atoms with E-state index in [1.165, 1.54) is 17.7 Å². The zero-order valence-electron chi connectivity index (χ0n) is 17.8. The highest BCUT2D eigenvalue weighted by atomic mass is 32.2. The van der Waals surface area contributed by atoms with Gasteiger partial charge in [-0.25, -0.2) is 8.42 Å². The molecule has 1 aliphatic heterocycles.